The van der Waals surface area contributed by atoms with E-state index in [2.05, 4.69) is 11.8 Å². The highest BCUT2D eigenvalue weighted by molar-refractivity contribution is 5.66. The van der Waals surface area contributed by atoms with Gasteiger partial charge >= 0.3 is 5.97 Å². The third kappa shape index (κ3) is 6.52. The average Bonchev–Trinajstić information content (AvgIpc) is 2.49. The predicted octanol–water partition coefficient (Wildman–Crippen LogP) is 3.95. The zero-order valence-electron chi connectivity index (χ0n) is 13.2. The van der Waals surface area contributed by atoms with Crippen molar-refractivity contribution in [2.45, 2.75) is 45.4 Å². The summed E-state index contributed by atoms with van der Waals surface area (Å²) in [6, 6.07) is 7.94. The Kier molecular flexibility index (Phi) is 8.32. The van der Waals surface area contributed by atoms with Crippen LogP contribution in [0.15, 0.2) is 24.3 Å². The molecule has 1 N–H and O–H groups in total. The Morgan fingerprint density at radius 3 is 2.52 bits per heavy atom. The molecule has 4 heteroatoms. The Hall–Kier alpha value is -1.71. The Morgan fingerprint density at radius 1 is 1.14 bits per heavy atom. The summed E-state index contributed by atoms with van der Waals surface area (Å²) in [6.45, 7) is 3.89. The molecule has 0 aromatic heterocycles. The van der Waals surface area contributed by atoms with Crippen LogP contribution in [0.4, 0.5) is 5.69 Å². The number of nitrogens with zero attached hydrogens (tertiary/aromatic N) is 1. The summed E-state index contributed by atoms with van der Waals surface area (Å²) in [7, 11) is 1.67. The van der Waals surface area contributed by atoms with Gasteiger partial charge in [0.1, 0.15) is 5.75 Å². The van der Waals surface area contributed by atoms with Gasteiger partial charge < -0.3 is 14.7 Å². The van der Waals surface area contributed by atoms with E-state index in [-0.39, 0.29) is 6.42 Å². The molecule has 0 aliphatic heterocycles. The van der Waals surface area contributed by atoms with Crippen LogP contribution in [0.1, 0.15) is 45.4 Å². The highest BCUT2D eigenvalue weighted by Gasteiger charge is 2.11. The molecule has 0 amide bonds. The van der Waals surface area contributed by atoms with Gasteiger partial charge in [0.2, 0.25) is 0 Å². The second kappa shape index (κ2) is 10.1. The number of hydrogen-bond acceptors (Lipinski definition) is 3. The standard InChI is InChI=1S/C17H27NO3/c1-3-4-5-8-13-18(14-9-12-17(19)20)15-10-6-7-11-16(15)21-2/h6-7,10-11H,3-5,8-9,12-14H2,1-2H3,(H,19,20). The second-order valence-corrected chi connectivity index (χ2v) is 5.22. The van der Waals surface area contributed by atoms with Gasteiger partial charge in [-0.1, -0.05) is 38.3 Å². The summed E-state index contributed by atoms with van der Waals surface area (Å²) in [5.74, 6) is 0.115. The van der Waals surface area contributed by atoms with E-state index in [0.717, 1.165) is 30.9 Å². The Bertz CT molecular complexity index is 420. The quantitative estimate of drug-likeness (QED) is 0.628. The molecule has 0 saturated carbocycles. The lowest BCUT2D eigenvalue weighted by Gasteiger charge is -2.26. The van der Waals surface area contributed by atoms with Crippen molar-refractivity contribution < 1.29 is 14.6 Å². The van der Waals surface area contributed by atoms with Gasteiger partial charge in [-0.3, -0.25) is 4.79 Å². The normalized spacial score (nSPS) is 10.4. The summed E-state index contributed by atoms with van der Waals surface area (Å²) in [6.07, 6.45) is 5.66. The van der Waals surface area contributed by atoms with Gasteiger partial charge in [0.05, 0.1) is 12.8 Å². The van der Waals surface area contributed by atoms with Crippen LogP contribution in [0.3, 0.4) is 0 Å². The van der Waals surface area contributed by atoms with Gasteiger partial charge in [-0.15, -0.1) is 0 Å². The average molecular weight is 293 g/mol. The number of para-hydroxylation sites is 2. The van der Waals surface area contributed by atoms with Gasteiger partial charge in [-0.05, 0) is 25.0 Å². The molecule has 0 unspecified atom stereocenters. The first-order valence-electron chi connectivity index (χ1n) is 7.78. The van der Waals surface area contributed by atoms with Crippen LogP contribution in [0, 0.1) is 0 Å². The largest absolute Gasteiger partial charge is 0.495 e. The fourth-order valence-corrected chi connectivity index (χ4v) is 2.39. The van der Waals surface area contributed by atoms with E-state index < -0.39 is 5.97 Å². The van der Waals surface area contributed by atoms with Crippen LogP contribution >= 0.6 is 0 Å². The maximum absolute atomic E-state index is 10.7. The molecule has 0 atom stereocenters. The van der Waals surface area contributed by atoms with E-state index >= 15 is 0 Å². The number of carbonyl (C=O) groups is 1. The van der Waals surface area contributed by atoms with Gasteiger partial charge in [-0.2, -0.15) is 0 Å². The molecule has 1 rings (SSSR count). The van der Waals surface area contributed by atoms with Crippen molar-refractivity contribution in [3.8, 4) is 5.75 Å². The fourth-order valence-electron chi connectivity index (χ4n) is 2.39. The monoisotopic (exact) mass is 293 g/mol. The molecular weight excluding hydrogens is 266 g/mol. The Balaban J connectivity index is 2.67. The smallest absolute Gasteiger partial charge is 0.303 e. The van der Waals surface area contributed by atoms with E-state index in [4.69, 9.17) is 9.84 Å². The topological polar surface area (TPSA) is 49.8 Å². The van der Waals surface area contributed by atoms with E-state index in [1.54, 1.807) is 7.11 Å². The van der Waals surface area contributed by atoms with E-state index in [0.29, 0.717) is 6.42 Å². The third-order valence-electron chi connectivity index (χ3n) is 3.53. The minimum atomic E-state index is -0.735. The SMILES string of the molecule is CCCCCCN(CCCC(=O)O)c1ccccc1OC. The summed E-state index contributed by atoms with van der Waals surface area (Å²) in [5, 5.41) is 8.80. The summed E-state index contributed by atoms with van der Waals surface area (Å²) < 4.78 is 5.42. The first kappa shape index (κ1) is 17.3. The fraction of sp³-hybridized carbons (Fsp3) is 0.588. The van der Waals surface area contributed by atoms with E-state index in [1.165, 1.54) is 19.3 Å². The lowest BCUT2D eigenvalue weighted by atomic mass is 10.1. The Labute approximate surface area is 127 Å². The van der Waals surface area contributed by atoms with Crippen molar-refractivity contribution in [1.29, 1.82) is 0 Å². The number of ether oxygens (including phenoxy) is 1. The molecule has 0 heterocycles. The molecule has 0 radical (unpaired) electrons. The van der Waals surface area contributed by atoms with Crippen molar-refractivity contribution in [3.63, 3.8) is 0 Å². The first-order chi connectivity index (χ1) is 10.2. The molecule has 1 aromatic rings. The number of aliphatic carboxylic acids is 1. The Morgan fingerprint density at radius 2 is 1.86 bits per heavy atom. The van der Waals surface area contributed by atoms with Gasteiger partial charge in [0, 0.05) is 19.5 Å². The van der Waals surface area contributed by atoms with Crippen molar-refractivity contribution in [2.75, 3.05) is 25.1 Å². The lowest BCUT2D eigenvalue weighted by molar-refractivity contribution is -0.137. The molecule has 0 fully saturated rings. The van der Waals surface area contributed by atoms with E-state index in [1.807, 2.05) is 24.3 Å². The molecule has 1 aromatic carbocycles. The number of unbranched alkanes of at least 4 members (excludes halogenated alkanes) is 3. The highest BCUT2D eigenvalue weighted by atomic mass is 16.5. The summed E-state index contributed by atoms with van der Waals surface area (Å²) in [4.78, 5) is 12.9. The molecule has 4 nitrogen and oxygen atoms in total. The molecule has 21 heavy (non-hydrogen) atoms. The van der Waals surface area contributed by atoms with Crippen molar-refractivity contribution in [1.82, 2.24) is 0 Å². The molecule has 0 bridgehead atoms. The van der Waals surface area contributed by atoms with Gasteiger partial charge in [-0.25, -0.2) is 0 Å². The number of carboxylic acid groups (broad SMARTS) is 1. The number of carboxylic acids is 1. The van der Waals surface area contributed by atoms with Crippen LogP contribution in [-0.4, -0.2) is 31.3 Å². The van der Waals surface area contributed by atoms with Crippen LogP contribution < -0.4 is 9.64 Å². The zero-order valence-corrected chi connectivity index (χ0v) is 13.2. The third-order valence-corrected chi connectivity index (χ3v) is 3.53. The predicted molar refractivity (Wildman–Crippen MR) is 86.2 cm³/mol. The number of anilines is 1. The molecule has 118 valence electrons. The number of benzene rings is 1. The molecule has 0 saturated heterocycles. The minimum Gasteiger partial charge on any atom is -0.495 e. The van der Waals surface area contributed by atoms with Crippen molar-refractivity contribution in [3.05, 3.63) is 24.3 Å². The second-order valence-electron chi connectivity index (χ2n) is 5.22. The van der Waals surface area contributed by atoms with Crippen molar-refractivity contribution >= 4 is 11.7 Å². The number of rotatable bonds is 11. The molecule has 0 aliphatic rings. The molecular formula is C17H27NO3. The van der Waals surface area contributed by atoms with Gasteiger partial charge in [0.15, 0.2) is 0 Å². The molecule has 0 aliphatic carbocycles. The van der Waals surface area contributed by atoms with Crippen LogP contribution in [0.5, 0.6) is 5.75 Å². The highest BCUT2D eigenvalue weighted by Crippen LogP contribution is 2.28. The maximum atomic E-state index is 10.7. The summed E-state index contributed by atoms with van der Waals surface area (Å²) in [5.41, 5.74) is 1.06. The van der Waals surface area contributed by atoms with Crippen molar-refractivity contribution in [2.24, 2.45) is 0 Å². The minimum absolute atomic E-state index is 0.209. The van der Waals surface area contributed by atoms with E-state index in [9.17, 15) is 4.79 Å². The van der Waals surface area contributed by atoms with Crippen LogP contribution in [-0.2, 0) is 4.79 Å². The molecule has 0 spiro atoms. The maximum Gasteiger partial charge on any atom is 0.303 e. The zero-order chi connectivity index (χ0) is 15.5. The van der Waals surface area contributed by atoms with Crippen LogP contribution in [0.2, 0.25) is 0 Å². The van der Waals surface area contributed by atoms with Crippen LogP contribution in [0.25, 0.3) is 0 Å². The number of methoxy groups -OCH3 is 1. The van der Waals surface area contributed by atoms with Gasteiger partial charge in [0.25, 0.3) is 0 Å². The first-order valence-corrected chi connectivity index (χ1v) is 7.78. The number of hydrogen-bond donors (Lipinski definition) is 1. The lowest BCUT2D eigenvalue weighted by Crippen LogP contribution is -2.26. The summed E-state index contributed by atoms with van der Waals surface area (Å²) >= 11 is 0.